The summed E-state index contributed by atoms with van der Waals surface area (Å²) in [5, 5.41) is 5.82. The summed E-state index contributed by atoms with van der Waals surface area (Å²) in [7, 11) is 0. The largest absolute Gasteiger partial charge is 0.369 e. The molecule has 31 heavy (non-hydrogen) atoms. The van der Waals surface area contributed by atoms with Gasteiger partial charge in [-0.15, -0.1) is 0 Å². The zero-order valence-corrected chi connectivity index (χ0v) is 17.5. The first-order valence-electron chi connectivity index (χ1n) is 10.8. The standard InChI is InChI=1S/C24H28N4O3/c25-22(29)17-9-11-28(12-10-17)15-16-3-1-5-20(13-16)26-24(31)19-4-2-6-21(14-19)27-23(30)18-7-8-18/h1-6,13-14,17-18H,7-12,15H2,(H2,25,29)(H,26,31)(H,27,30). The fourth-order valence-electron chi connectivity index (χ4n) is 3.91. The van der Waals surface area contributed by atoms with Gasteiger partial charge in [-0.2, -0.15) is 0 Å². The van der Waals surface area contributed by atoms with E-state index in [1.807, 2.05) is 24.3 Å². The number of likely N-dealkylation sites (tertiary alicyclic amines) is 1. The molecule has 1 aliphatic carbocycles. The number of benzene rings is 2. The van der Waals surface area contributed by atoms with Crippen LogP contribution in [-0.2, 0) is 16.1 Å². The van der Waals surface area contributed by atoms with E-state index in [4.69, 9.17) is 5.73 Å². The lowest BCUT2D eigenvalue weighted by molar-refractivity contribution is -0.123. The normalized spacial score (nSPS) is 17.2. The van der Waals surface area contributed by atoms with Gasteiger partial charge in [-0.05, 0) is 74.7 Å². The zero-order valence-electron chi connectivity index (χ0n) is 17.5. The Morgan fingerprint density at radius 3 is 2.23 bits per heavy atom. The molecule has 3 amide bonds. The summed E-state index contributed by atoms with van der Waals surface area (Å²) >= 11 is 0. The van der Waals surface area contributed by atoms with Gasteiger partial charge < -0.3 is 16.4 Å². The molecule has 162 valence electrons. The van der Waals surface area contributed by atoms with Crippen LogP contribution in [0.25, 0.3) is 0 Å². The van der Waals surface area contributed by atoms with E-state index in [1.54, 1.807) is 24.3 Å². The molecule has 7 heteroatoms. The summed E-state index contributed by atoms with van der Waals surface area (Å²) in [5.74, 6) is -0.318. The van der Waals surface area contributed by atoms with Crippen LogP contribution in [0.3, 0.4) is 0 Å². The smallest absolute Gasteiger partial charge is 0.255 e. The number of anilines is 2. The first-order valence-corrected chi connectivity index (χ1v) is 10.8. The highest BCUT2D eigenvalue weighted by atomic mass is 16.2. The summed E-state index contributed by atoms with van der Waals surface area (Å²) in [6.45, 7) is 2.44. The van der Waals surface area contributed by atoms with E-state index in [9.17, 15) is 14.4 Å². The van der Waals surface area contributed by atoms with Crippen molar-refractivity contribution in [3.8, 4) is 0 Å². The Labute approximate surface area is 182 Å². The Kier molecular flexibility index (Phi) is 6.32. The highest BCUT2D eigenvalue weighted by Crippen LogP contribution is 2.30. The van der Waals surface area contributed by atoms with E-state index in [0.717, 1.165) is 56.6 Å². The summed E-state index contributed by atoms with van der Waals surface area (Å²) in [6, 6.07) is 14.8. The minimum absolute atomic E-state index is 0.0186. The van der Waals surface area contributed by atoms with Crippen molar-refractivity contribution in [1.29, 1.82) is 0 Å². The molecule has 0 radical (unpaired) electrons. The third-order valence-corrected chi connectivity index (χ3v) is 5.92. The molecule has 1 saturated carbocycles. The van der Waals surface area contributed by atoms with E-state index < -0.39 is 0 Å². The lowest BCUT2D eigenvalue weighted by Gasteiger charge is -2.30. The van der Waals surface area contributed by atoms with Crippen molar-refractivity contribution in [3.63, 3.8) is 0 Å². The van der Waals surface area contributed by atoms with Gasteiger partial charge in [0.05, 0.1) is 0 Å². The fraction of sp³-hybridized carbons (Fsp3) is 0.375. The van der Waals surface area contributed by atoms with Crippen molar-refractivity contribution >= 4 is 29.1 Å². The topological polar surface area (TPSA) is 105 Å². The Morgan fingerprint density at radius 1 is 0.871 bits per heavy atom. The molecule has 7 nitrogen and oxygen atoms in total. The molecule has 2 aromatic rings. The molecule has 1 saturated heterocycles. The Hall–Kier alpha value is -3.19. The average molecular weight is 421 g/mol. The second-order valence-corrected chi connectivity index (χ2v) is 8.45. The van der Waals surface area contributed by atoms with Crippen LogP contribution in [-0.4, -0.2) is 35.7 Å². The van der Waals surface area contributed by atoms with E-state index in [1.165, 1.54) is 0 Å². The quantitative estimate of drug-likeness (QED) is 0.640. The molecule has 0 aromatic heterocycles. The minimum Gasteiger partial charge on any atom is -0.369 e. The maximum Gasteiger partial charge on any atom is 0.255 e. The van der Waals surface area contributed by atoms with Crippen molar-refractivity contribution in [1.82, 2.24) is 4.90 Å². The molecular weight excluding hydrogens is 392 g/mol. The number of hydrogen-bond acceptors (Lipinski definition) is 4. The van der Waals surface area contributed by atoms with Gasteiger partial charge in [0.25, 0.3) is 5.91 Å². The van der Waals surface area contributed by atoms with Gasteiger partial charge in [-0.25, -0.2) is 0 Å². The second-order valence-electron chi connectivity index (χ2n) is 8.45. The SMILES string of the molecule is NC(=O)C1CCN(Cc2cccc(NC(=O)c3cccc(NC(=O)C4CC4)c3)c2)CC1. The van der Waals surface area contributed by atoms with Crippen LogP contribution < -0.4 is 16.4 Å². The number of carbonyl (C=O) groups excluding carboxylic acids is 3. The Morgan fingerprint density at radius 2 is 1.55 bits per heavy atom. The molecule has 0 unspecified atom stereocenters. The lowest BCUT2D eigenvalue weighted by atomic mass is 9.96. The van der Waals surface area contributed by atoms with Gasteiger partial charge in [0.1, 0.15) is 0 Å². The first-order chi connectivity index (χ1) is 15.0. The van der Waals surface area contributed by atoms with Gasteiger partial charge in [-0.1, -0.05) is 18.2 Å². The third-order valence-electron chi connectivity index (χ3n) is 5.92. The number of carbonyl (C=O) groups is 3. The number of nitrogens with zero attached hydrogens (tertiary/aromatic N) is 1. The number of nitrogens with one attached hydrogen (secondary N) is 2. The molecule has 4 N–H and O–H groups in total. The first kappa shape index (κ1) is 21.1. The number of piperidine rings is 1. The maximum atomic E-state index is 12.7. The van der Waals surface area contributed by atoms with Crippen LogP contribution >= 0.6 is 0 Å². The second kappa shape index (κ2) is 9.31. The molecule has 0 atom stereocenters. The maximum absolute atomic E-state index is 12.7. The van der Waals surface area contributed by atoms with E-state index in [2.05, 4.69) is 15.5 Å². The zero-order chi connectivity index (χ0) is 21.8. The molecular formula is C24H28N4O3. The van der Waals surface area contributed by atoms with Crippen molar-refractivity contribution in [3.05, 3.63) is 59.7 Å². The van der Waals surface area contributed by atoms with Crippen LogP contribution in [0.5, 0.6) is 0 Å². The van der Waals surface area contributed by atoms with Crippen LogP contribution in [0.1, 0.15) is 41.6 Å². The number of hydrogen-bond donors (Lipinski definition) is 3. The summed E-state index contributed by atoms with van der Waals surface area (Å²) < 4.78 is 0. The van der Waals surface area contributed by atoms with Crippen molar-refractivity contribution in [2.75, 3.05) is 23.7 Å². The predicted molar refractivity (Wildman–Crippen MR) is 119 cm³/mol. The van der Waals surface area contributed by atoms with Crippen LogP contribution in [0.4, 0.5) is 11.4 Å². The van der Waals surface area contributed by atoms with Crippen LogP contribution in [0.15, 0.2) is 48.5 Å². The average Bonchev–Trinajstić information content (AvgIpc) is 3.60. The van der Waals surface area contributed by atoms with Gasteiger partial charge in [0.2, 0.25) is 11.8 Å². The molecule has 2 fully saturated rings. The fourth-order valence-corrected chi connectivity index (χ4v) is 3.91. The van der Waals surface area contributed by atoms with Crippen LogP contribution in [0.2, 0.25) is 0 Å². The highest BCUT2D eigenvalue weighted by Gasteiger charge is 2.29. The number of primary amides is 1. The molecule has 1 heterocycles. The highest BCUT2D eigenvalue weighted by molar-refractivity contribution is 6.05. The predicted octanol–water partition coefficient (Wildman–Crippen LogP) is 2.98. The number of nitrogens with two attached hydrogens (primary N) is 1. The van der Waals surface area contributed by atoms with Gasteiger partial charge in [0, 0.05) is 35.3 Å². The van der Waals surface area contributed by atoms with E-state index in [0.29, 0.717) is 11.3 Å². The van der Waals surface area contributed by atoms with E-state index >= 15 is 0 Å². The Balaban J connectivity index is 1.35. The third kappa shape index (κ3) is 5.70. The minimum atomic E-state index is -0.220. The molecule has 2 aliphatic rings. The monoisotopic (exact) mass is 420 g/mol. The molecule has 0 bridgehead atoms. The summed E-state index contributed by atoms with van der Waals surface area (Å²) in [4.78, 5) is 38.3. The summed E-state index contributed by atoms with van der Waals surface area (Å²) in [5.41, 5.74) is 8.36. The molecule has 0 spiro atoms. The number of amides is 3. The van der Waals surface area contributed by atoms with Gasteiger partial charge in [0.15, 0.2) is 0 Å². The lowest BCUT2D eigenvalue weighted by Crippen LogP contribution is -2.38. The van der Waals surface area contributed by atoms with Crippen molar-refractivity contribution in [2.45, 2.75) is 32.2 Å². The van der Waals surface area contributed by atoms with E-state index in [-0.39, 0.29) is 29.6 Å². The Bertz CT molecular complexity index is 978. The van der Waals surface area contributed by atoms with Crippen molar-refractivity contribution < 1.29 is 14.4 Å². The summed E-state index contributed by atoms with van der Waals surface area (Å²) in [6.07, 6.45) is 3.45. The van der Waals surface area contributed by atoms with Crippen LogP contribution in [0, 0.1) is 11.8 Å². The van der Waals surface area contributed by atoms with Crippen molar-refractivity contribution in [2.24, 2.45) is 17.6 Å². The van der Waals surface area contributed by atoms with Gasteiger partial charge in [-0.3, -0.25) is 19.3 Å². The number of rotatable bonds is 7. The molecule has 2 aromatic carbocycles. The molecule has 1 aliphatic heterocycles. The van der Waals surface area contributed by atoms with Gasteiger partial charge >= 0.3 is 0 Å². The molecule has 4 rings (SSSR count).